The molecular formula is C18H25NO4. The van der Waals surface area contributed by atoms with Gasteiger partial charge in [-0.25, -0.2) is 4.79 Å². The van der Waals surface area contributed by atoms with Crippen molar-refractivity contribution < 1.29 is 19.4 Å². The van der Waals surface area contributed by atoms with Crippen LogP contribution in [0.2, 0.25) is 0 Å². The molecule has 5 nitrogen and oxygen atoms in total. The number of amides is 1. The van der Waals surface area contributed by atoms with Gasteiger partial charge in [-0.1, -0.05) is 42.5 Å². The van der Waals surface area contributed by atoms with E-state index in [-0.39, 0.29) is 12.6 Å². The topological polar surface area (TPSA) is 67.8 Å². The summed E-state index contributed by atoms with van der Waals surface area (Å²) in [4.78, 5) is 11.1. The molecule has 0 bridgehead atoms. The quantitative estimate of drug-likeness (QED) is 0.791. The van der Waals surface area contributed by atoms with Gasteiger partial charge >= 0.3 is 6.09 Å². The zero-order chi connectivity index (χ0) is 16.9. The molecule has 0 spiro atoms. The summed E-state index contributed by atoms with van der Waals surface area (Å²) in [6.07, 6.45) is 3.09. The molecule has 1 aliphatic rings. The maximum Gasteiger partial charge on any atom is 0.404 e. The number of carboxylic acid groups (broad SMARTS) is 1. The number of nitrogens with one attached hydrogen (secondary N) is 1. The number of hydrogen-bond donors (Lipinski definition) is 2. The third-order valence-electron chi connectivity index (χ3n) is 3.60. The van der Waals surface area contributed by atoms with Crippen molar-refractivity contribution >= 4 is 6.09 Å². The van der Waals surface area contributed by atoms with Crippen molar-refractivity contribution in [3.63, 3.8) is 0 Å². The van der Waals surface area contributed by atoms with Crippen molar-refractivity contribution in [2.45, 2.75) is 44.5 Å². The van der Waals surface area contributed by atoms with Gasteiger partial charge in [0.2, 0.25) is 0 Å². The third-order valence-corrected chi connectivity index (χ3v) is 3.60. The Labute approximate surface area is 137 Å². The van der Waals surface area contributed by atoms with Crippen LogP contribution in [0.3, 0.4) is 0 Å². The zero-order valence-electron chi connectivity index (χ0n) is 13.9. The van der Waals surface area contributed by atoms with E-state index in [0.29, 0.717) is 13.0 Å². The minimum absolute atomic E-state index is 0.156. The smallest absolute Gasteiger partial charge is 0.404 e. The molecule has 2 N–H and O–H groups in total. The maximum atomic E-state index is 11.1. The molecule has 1 aromatic carbocycles. The SMILES string of the molecule is CC(C)(C)O[C@](CNC(=O)O)(Cc1ccccc1)[C@@H]1C=CCO1. The van der Waals surface area contributed by atoms with Crippen LogP contribution in [0.15, 0.2) is 42.5 Å². The van der Waals surface area contributed by atoms with Crippen LogP contribution in [0.1, 0.15) is 26.3 Å². The first kappa shape index (κ1) is 17.5. The Morgan fingerprint density at radius 1 is 1.35 bits per heavy atom. The van der Waals surface area contributed by atoms with Crippen LogP contribution in [0, 0.1) is 0 Å². The van der Waals surface area contributed by atoms with Crippen LogP contribution in [0.4, 0.5) is 4.79 Å². The second kappa shape index (κ2) is 7.15. The van der Waals surface area contributed by atoms with Gasteiger partial charge in [0.1, 0.15) is 11.7 Å². The Morgan fingerprint density at radius 3 is 2.57 bits per heavy atom. The average molecular weight is 319 g/mol. The van der Waals surface area contributed by atoms with Gasteiger partial charge < -0.3 is 19.9 Å². The number of ether oxygens (including phenoxy) is 2. The lowest BCUT2D eigenvalue weighted by Crippen LogP contribution is -2.57. The predicted octanol–water partition coefficient (Wildman–Crippen LogP) is 3.01. The summed E-state index contributed by atoms with van der Waals surface area (Å²) in [7, 11) is 0. The average Bonchev–Trinajstić information content (AvgIpc) is 2.99. The molecule has 1 amide bonds. The number of carbonyl (C=O) groups is 1. The van der Waals surface area contributed by atoms with Crippen LogP contribution in [-0.4, -0.2) is 41.7 Å². The Balaban J connectivity index is 2.34. The van der Waals surface area contributed by atoms with E-state index in [1.54, 1.807) is 0 Å². The molecule has 0 unspecified atom stereocenters. The molecule has 5 heteroatoms. The van der Waals surface area contributed by atoms with Gasteiger partial charge in [-0.2, -0.15) is 0 Å². The van der Waals surface area contributed by atoms with Gasteiger partial charge in [0, 0.05) is 6.42 Å². The minimum atomic E-state index is -1.07. The second-order valence-corrected chi connectivity index (χ2v) is 6.78. The van der Waals surface area contributed by atoms with Crippen molar-refractivity contribution in [2.24, 2.45) is 0 Å². The van der Waals surface area contributed by atoms with E-state index in [0.717, 1.165) is 5.56 Å². The van der Waals surface area contributed by atoms with Crippen LogP contribution >= 0.6 is 0 Å². The van der Waals surface area contributed by atoms with E-state index in [2.05, 4.69) is 5.32 Å². The van der Waals surface area contributed by atoms with Gasteiger partial charge in [-0.3, -0.25) is 0 Å². The summed E-state index contributed by atoms with van der Waals surface area (Å²) in [6.45, 7) is 6.57. The summed E-state index contributed by atoms with van der Waals surface area (Å²) < 4.78 is 12.2. The van der Waals surface area contributed by atoms with E-state index in [1.807, 2.05) is 63.3 Å². The standard InChI is InChI=1S/C18H25NO4/c1-17(2,3)23-18(13-19-16(20)21,15-10-7-11-22-15)12-14-8-5-4-6-9-14/h4-10,15,19H,11-13H2,1-3H3,(H,20,21)/t15-,18-/m0/s1. The first-order valence-corrected chi connectivity index (χ1v) is 7.80. The first-order valence-electron chi connectivity index (χ1n) is 7.80. The largest absolute Gasteiger partial charge is 0.465 e. The van der Waals surface area contributed by atoms with Gasteiger partial charge in [-0.05, 0) is 26.3 Å². The summed E-state index contributed by atoms with van der Waals surface area (Å²) >= 11 is 0. The number of benzene rings is 1. The predicted molar refractivity (Wildman–Crippen MR) is 88.6 cm³/mol. The van der Waals surface area contributed by atoms with Crippen molar-refractivity contribution in [3.05, 3.63) is 48.0 Å². The molecule has 0 saturated carbocycles. The van der Waals surface area contributed by atoms with E-state index in [9.17, 15) is 4.79 Å². The Kier molecular flexibility index (Phi) is 5.44. The molecule has 1 aromatic rings. The molecule has 0 fully saturated rings. The highest BCUT2D eigenvalue weighted by Gasteiger charge is 2.44. The van der Waals surface area contributed by atoms with E-state index < -0.39 is 17.3 Å². The Hall–Kier alpha value is -1.85. The molecule has 0 radical (unpaired) electrons. The normalized spacial score (nSPS) is 20.2. The fourth-order valence-corrected chi connectivity index (χ4v) is 2.89. The van der Waals surface area contributed by atoms with E-state index in [1.165, 1.54) is 0 Å². The fraction of sp³-hybridized carbons (Fsp3) is 0.500. The zero-order valence-corrected chi connectivity index (χ0v) is 13.9. The summed E-state index contributed by atoms with van der Waals surface area (Å²) in [5.41, 5.74) is -0.160. The number of hydrogen-bond acceptors (Lipinski definition) is 3. The molecule has 1 heterocycles. The maximum absolute atomic E-state index is 11.1. The van der Waals surface area contributed by atoms with E-state index in [4.69, 9.17) is 14.6 Å². The van der Waals surface area contributed by atoms with Crippen LogP contribution in [0.5, 0.6) is 0 Å². The first-order chi connectivity index (χ1) is 10.8. The molecule has 23 heavy (non-hydrogen) atoms. The van der Waals surface area contributed by atoms with Crippen molar-refractivity contribution in [2.75, 3.05) is 13.2 Å². The highest BCUT2D eigenvalue weighted by molar-refractivity contribution is 5.64. The lowest BCUT2D eigenvalue weighted by Gasteiger charge is -2.42. The summed E-state index contributed by atoms with van der Waals surface area (Å²) in [5, 5.41) is 11.5. The fourth-order valence-electron chi connectivity index (χ4n) is 2.89. The van der Waals surface area contributed by atoms with Crippen molar-refractivity contribution in [1.29, 1.82) is 0 Å². The Morgan fingerprint density at radius 2 is 2.04 bits per heavy atom. The van der Waals surface area contributed by atoms with Crippen LogP contribution < -0.4 is 5.32 Å². The minimum Gasteiger partial charge on any atom is -0.465 e. The molecule has 0 aliphatic carbocycles. The van der Waals surface area contributed by atoms with Gasteiger partial charge in [-0.15, -0.1) is 0 Å². The van der Waals surface area contributed by atoms with Crippen molar-refractivity contribution in [1.82, 2.24) is 5.32 Å². The van der Waals surface area contributed by atoms with Crippen molar-refractivity contribution in [3.8, 4) is 0 Å². The molecule has 126 valence electrons. The highest BCUT2D eigenvalue weighted by atomic mass is 16.6. The molecule has 2 rings (SSSR count). The lowest BCUT2D eigenvalue weighted by molar-refractivity contribution is -0.175. The van der Waals surface area contributed by atoms with Gasteiger partial charge in [0.15, 0.2) is 0 Å². The van der Waals surface area contributed by atoms with Gasteiger partial charge in [0.05, 0.1) is 18.8 Å². The molecule has 0 saturated heterocycles. The highest BCUT2D eigenvalue weighted by Crippen LogP contribution is 2.32. The Bertz CT molecular complexity index is 550. The molecule has 0 aromatic heterocycles. The van der Waals surface area contributed by atoms with Crippen LogP contribution in [-0.2, 0) is 15.9 Å². The second-order valence-electron chi connectivity index (χ2n) is 6.78. The summed E-state index contributed by atoms with van der Waals surface area (Å²) in [6, 6.07) is 9.91. The van der Waals surface area contributed by atoms with Gasteiger partial charge in [0.25, 0.3) is 0 Å². The molecule has 1 aliphatic heterocycles. The third kappa shape index (κ3) is 5.08. The number of rotatable bonds is 6. The summed E-state index contributed by atoms with van der Waals surface area (Å²) in [5.74, 6) is 0. The van der Waals surface area contributed by atoms with E-state index >= 15 is 0 Å². The van der Waals surface area contributed by atoms with Crippen LogP contribution in [0.25, 0.3) is 0 Å². The molecule has 2 atom stereocenters. The molecular weight excluding hydrogens is 294 g/mol. The monoisotopic (exact) mass is 319 g/mol. The lowest BCUT2D eigenvalue weighted by atomic mass is 9.87.